The minimum atomic E-state index is -4.20. The van der Waals surface area contributed by atoms with Gasteiger partial charge in [-0.3, -0.25) is 4.55 Å². The topological polar surface area (TPSA) is 54.4 Å². The zero-order valence-corrected chi connectivity index (χ0v) is 12.5. The van der Waals surface area contributed by atoms with E-state index >= 15 is 0 Å². The Kier molecular flexibility index (Phi) is 4.18. The zero-order chi connectivity index (χ0) is 14.0. The van der Waals surface area contributed by atoms with Gasteiger partial charge < -0.3 is 0 Å². The molecule has 0 aliphatic carbocycles. The molecule has 5 heteroatoms. The van der Waals surface area contributed by atoms with Gasteiger partial charge in [0.05, 0.1) is 0 Å². The van der Waals surface area contributed by atoms with Crippen molar-refractivity contribution in [2.24, 2.45) is 0 Å². The molecule has 0 aromatic heterocycles. The monoisotopic (exact) mass is 296 g/mol. The maximum absolute atomic E-state index is 11.5. The summed E-state index contributed by atoms with van der Waals surface area (Å²) in [6, 6.07) is 9.24. The van der Waals surface area contributed by atoms with E-state index < -0.39 is 10.1 Å². The fourth-order valence-electron chi connectivity index (χ4n) is 2.04. The van der Waals surface area contributed by atoms with E-state index in [4.69, 9.17) is 0 Å². The molecule has 0 saturated heterocycles. The van der Waals surface area contributed by atoms with Crippen LogP contribution in [0.15, 0.2) is 40.1 Å². The molecule has 2 aromatic rings. The molecular weight excluding hydrogens is 280 g/mol. The van der Waals surface area contributed by atoms with E-state index in [2.05, 4.69) is 6.92 Å². The Morgan fingerprint density at radius 3 is 2.58 bits per heavy atom. The number of aryl methyl sites for hydroxylation is 1. The maximum Gasteiger partial charge on any atom is 0.295 e. The maximum atomic E-state index is 11.5. The molecule has 0 unspecified atom stereocenters. The van der Waals surface area contributed by atoms with Gasteiger partial charge in [0.1, 0.15) is 4.90 Å². The fraction of sp³-hybridized carbons (Fsp3) is 0.286. The molecule has 1 N–H and O–H groups in total. The SMILES string of the molecule is CCCSc1ccc2c(S(=O)(=O)O)c(C)ccc2c1. The van der Waals surface area contributed by atoms with Gasteiger partial charge in [-0.25, -0.2) is 0 Å². The second-order valence-electron chi connectivity index (χ2n) is 4.42. The first kappa shape index (κ1) is 14.4. The molecule has 0 bridgehead atoms. The second-order valence-corrected chi connectivity index (χ2v) is 6.94. The minimum absolute atomic E-state index is 0.0111. The Hall–Kier alpha value is -1.04. The second kappa shape index (κ2) is 5.53. The first-order valence-electron chi connectivity index (χ1n) is 6.07. The van der Waals surface area contributed by atoms with Crippen LogP contribution in [0.25, 0.3) is 10.8 Å². The largest absolute Gasteiger partial charge is 0.295 e. The molecule has 0 spiro atoms. The van der Waals surface area contributed by atoms with Gasteiger partial charge in [0.25, 0.3) is 10.1 Å². The first-order chi connectivity index (χ1) is 8.93. The molecule has 0 radical (unpaired) electrons. The molecule has 3 nitrogen and oxygen atoms in total. The van der Waals surface area contributed by atoms with Crippen LogP contribution >= 0.6 is 11.8 Å². The smallest absolute Gasteiger partial charge is 0.282 e. The van der Waals surface area contributed by atoms with Crippen molar-refractivity contribution in [3.63, 3.8) is 0 Å². The standard InChI is InChI=1S/C14H16O3S2/c1-3-8-18-12-6-7-13-11(9-12)5-4-10(2)14(13)19(15,16)17/h4-7,9H,3,8H2,1-2H3,(H,15,16,17). The molecular formula is C14H16O3S2. The van der Waals surface area contributed by atoms with E-state index in [1.54, 1.807) is 30.8 Å². The fourth-order valence-corrected chi connectivity index (χ4v) is 3.79. The Bertz CT molecular complexity index is 706. The lowest BCUT2D eigenvalue weighted by Gasteiger charge is -2.09. The normalized spacial score (nSPS) is 11.9. The van der Waals surface area contributed by atoms with Crippen molar-refractivity contribution in [1.82, 2.24) is 0 Å². The van der Waals surface area contributed by atoms with E-state index in [0.717, 1.165) is 22.5 Å². The van der Waals surface area contributed by atoms with Crippen LogP contribution in [0.1, 0.15) is 18.9 Å². The third-order valence-corrected chi connectivity index (χ3v) is 5.13. The van der Waals surface area contributed by atoms with Crippen molar-refractivity contribution >= 4 is 32.7 Å². The molecule has 102 valence electrons. The van der Waals surface area contributed by atoms with E-state index in [9.17, 15) is 13.0 Å². The minimum Gasteiger partial charge on any atom is -0.282 e. The number of benzene rings is 2. The van der Waals surface area contributed by atoms with Crippen LogP contribution in [0.3, 0.4) is 0 Å². The van der Waals surface area contributed by atoms with Gasteiger partial charge in [-0.05, 0) is 42.2 Å². The van der Waals surface area contributed by atoms with E-state index in [0.29, 0.717) is 10.9 Å². The Morgan fingerprint density at radius 2 is 1.95 bits per heavy atom. The number of hydrogen-bond donors (Lipinski definition) is 1. The molecule has 2 rings (SSSR count). The summed E-state index contributed by atoms with van der Waals surface area (Å²) in [5, 5.41) is 1.41. The highest BCUT2D eigenvalue weighted by molar-refractivity contribution is 7.99. The van der Waals surface area contributed by atoms with Gasteiger partial charge in [-0.15, -0.1) is 11.8 Å². The van der Waals surface area contributed by atoms with Crippen LogP contribution in [0.5, 0.6) is 0 Å². The van der Waals surface area contributed by atoms with Crippen molar-refractivity contribution in [3.8, 4) is 0 Å². The molecule has 0 aliphatic heterocycles. The first-order valence-corrected chi connectivity index (χ1v) is 8.49. The van der Waals surface area contributed by atoms with Gasteiger partial charge in [-0.2, -0.15) is 8.42 Å². The molecule has 19 heavy (non-hydrogen) atoms. The van der Waals surface area contributed by atoms with E-state index in [1.165, 1.54) is 0 Å². The molecule has 2 aromatic carbocycles. The lowest BCUT2D eigenvalue weighted by Crippen LogP contribution is -2.02. The van der Waals surface area contributed by atoms with Crippen molar-refractivity contribution in [3.05, 3.63) is 35.9 Å². The quantitative estimate of drug-likeness (QED) is 0.687. The summed E-state index contributed by atoms with van der Waals surface area (Å²) in [4.78, 5) is 1.12. The lowest BCUT2D eigenvalue weighted by atomic mass is 10.1. The molecule has 0 saturated carbocycles. The Labute approximate surface area is 117 Å². The summed E-state index contributed by atoms with van der Waals surface area (Å²) in [5.41, 5.74) is 0.559. The summed E-state index contributed by atoms with van der Waals surface area (Å²) in [6.07, 6.45) is 1.09. The molecule has 0 atom stereocenters. The van der Waals surface area contributed by atoms with Gasteiger partial charge in [0.2, 0.25) is 0 Å². The van der Waals surface area contributed by atoms with Gasteiger partial charge >= 0.3 is 0 Å². The van der Waals surface area contributed by atoms with Crippen LogP contribution in [0.2, 0.25) is 0 Å². The molecule has 0 amide bonds. The van der Waals surface area contributed by atoms with E-state index in [-0.39, 0.29) is 4.90 Å². The summed E-state index contributed by atoms with van der Waals surface area (Å²) >= 11 is 1.74. The van der Waals surface area contributed by atoms with Crippen LogP contribution < -0.4 is 0 Å². The Balaban J connectivity index is 2.62. The van der Waals surface area contributed by atoms with Crippen LogP contribution in [0.4, 0.5) is 0 Å². The number of hydrogen-bond acceptors (Lipinski definition) is 3. The van der Waals surface area contributed by atoms with Crippen molar-refractivity contribution < 1.29 is 13.0 Å². The average Bonchev–Trinajstić information content (AvgIpc) is 2.34. The summed E-state index contributed by atoms with van der Waals surface area (Å²) in [6.45, 7) is 3.80. The zero-order valence-electron chi connectivity index (χ0n) is 10.9. The highest BCUT2D eigenvalue weighted by Crippen LogP contribution is 2.30. The lowest BCUT2D eigenvalue weighted by molar-refractivity contribution is 0.483. The van der Waals surface area contributed by atoms with Crippen molar-refractivity contribution in [2.45, 2.75) is 30.1 Å². The third kappa shape index (κ3) is 3.11. The number of fused-ring (bicyclic) bond motifs is 1. The summed E-state index contributed by atoms with van der Waals surface area (Å²) < 4.78 is 32.3. The predicted molar refractivity (Wildman–Crippen MR) is 79.5 cm³/mol. The highest BCUT2D eigenvalue weighted by Gasteiger charge is 2.17. The summed E-state index contributed by atoms with van der Waals surface area (Å²) in [7, 11) is -4.20. The van der Waals surface area contributed by atoms with Gasteiger partial charge in [-0.1, -0.05) is 25.1 Å². The van der Waals surface area contributed by atoms with Crippen molar-refractivity contribution in [1.29, 1.82) is 0 Å². The van der Waals surface area contributed by atoms with Crippen LogP contribution in [0, 0.1) is 6.92 Å². The van der Waals surface area contributed by atoms with Crippen LogP contribution in [-0.4, -0.2) is 18.7 Å². The van der Waals surface area contributed by atoms with Gasteiger partial charge in [0.15, 0.2) is 0 Å². The average molecular weight is 296 g/mol. The number of thioether (sulfide) groups is 1. The molecule has 0 heterocycles. The predicted octanol–water partition coefficient (Wildman–Crippen LogP) is 3.90. The van der Waals surface area contributed by atoms with E-state index in [1.807, 2.05) is 18.2 Å². The van der Waals surface area contributed by atoms with Crippen molar-refractivity contribution in [2.75, 3.05) is 5.75 Å². The summed E-state index contributed by atoms with van der Waals surface area (Å²) in [5.74, 6) is 1.03. The van der Waals surface area contributed by atoms with Crippen LogP contribution in [-0.2, 0) is 10.1 Å². The number of rotatable bonds is 4. The van der Waals surface area contributed by atoms with Gasteiger partial charge in [0, 0.05) is 10.3 Å². The molecule has 0 aliphatic rings. The molecule has 0 fully saturated rings. The highest BCUT2D eigenvalue weighted by atomic mass is 32.2. The third-order valence-electron chi connectivity index (χ3n) is 2.87. The Morgan fingerprint density at radius 1 is 1.21 bits per heavy atom.